The number of aryl methyl sites for hydroxylation is 1. The number of alkyl carbamates (subject to hydrolysis) is 1. The number of ether oxygens (including phenoxy) is 3. The van der Waals surface area contributed by atoms with Crippen LogP contribution in [0.15, 0.2) is 52.1 Å². The van der Waals surface area contributed by atoms with Crippen LogP contribution in [0.5, 0.6) is 11.5 Å². The maximum absolute atomic E-state index is 13.3. The zero-order chi connectivity index (χ0) is 29.1. The molecule has 2 N–H and O–H groups in total. The highest BCUT2D eigenvalue weighted by Crippen LogP contribution is 2.36. The lowest BCUT2D eigenvalue weighted by atomic mass is 10.1. The van der Waals surface area contributed by atoms with Crippen LogP contribution in [0.1, 0.15) is 44.4 Å². The van der Waals surface area contributed by atoms with Crippen LogP contribution in [0.2, 0.25) is 0 Å². The number of fused-ring (bicyclic) bond motifs is 1. The van der Waals surface area contributed by atoms with Gasteiger partial charge in [-0.1, -0.05) is 18.1 Å². The SMILES string of the molecule is CCc1ccc(OC)c(S(=O)(=O)Nc2noc3cc(Cn4cc(CNC(=O)OC(C)(C)C)cn4)cc(OC)c23)c1. The summed E-state index contributed by atoms with van der Waals surface area (Å²) in [5.74, 6) is 0.586. The van der Waals surface area contributed by atoms with Crippen molar-refractivity contribution < 1.29 is 31.9 Å². The first kappa shape index (κ1) is 28.7. The topological polar surface area (TPSA) is 147 Å². The number of carbonyl (C=O) groups excluding carboxylic acids is 1. The van der Waals surface area contributed by atoms with E-state index in [0.29, 0.717) is 29.7 Å². The van der Waals surface area contributed by atoms with E-state index >= 15 is 0 Å². The molecule has 0 atom stereocenters. The van der Waals surface area contributed by atoms with Gasteiger partial charge in [-0.15, -0.1) is 0 Å². The summed E-state index contributed by atoms with van der Waals surface area (Å²) >= 11 is 0. The molecule has 4 rings (SSSR count). The van der Waals surface area contributed by atoms with Crippen molar-refractivity contribution in [3.63, 3.8) is 0 Å². The zero-order valence-corrected chi connectivity index (χ0v) is 24.1. The van der Waals surface area contributed by atoms with E-state index in [4.69, 9.17) is 18.7 Å². The van der Waals surface area contributed by atoms with Gasteiger partial charge in [-0.05, 0) is 62.6 Å². The zero-order valence-electron chi connectivity index (χ0n) is 23.3. The molecule has 1 amide bonds. The van der Waals surface area contributed by atoms with Gasteiger partial charge in [0.2, 0.25) is 0 Å². The molecule has 0 aliphatic rings. The fraction of sp³-hybridized carbons (Fsp3) is 0.370. The van der Waals surface area contributed by atoms with Crippen LogP contribution in [-0.2, 0) is 34.3 Å². The van der Waals surface area contributed by atoms with Crippen molar-refractivity contribution in [2.24, 2.45) is 0 Å². The van der Waals surface area contributed by atoms with Crippen LogP contribution in [0.25, 0.3) is 11.0 Å². The molecule has 2 heterocycles. The average Bonchev–Trinajstić information content (AvgIpc) is 3.52. The predicted molar refractivity (Wildman–Crippen MR) is 148 cm³/mol. The van der Waals surface area contributed by atoms with Crippen LogP contribution in [0.4, 0.5) is 10.6 Å². The summed E-state index contributed by atoms with van der Waals surface area (Å²) in [6.45, 7) is 7.94. The monoisotopic (exact) mass is 571 g/mol. The second-order valence-corrected chi connectivity index (χ2v) is 11.7. The highest BCUT2D eigenvalue weighted by atomic mass is 32.2. The molecule has 0 spiro atoms. The van der Waals surface area contributed by atoms with E-state index in [9.17, 15) is 13.2 Å². The minimum atomic E-state index is -4.06. The molecule has 2 aromatic carbocycles. The first-order chi connectivity index (χ1) is 18.9. The number of aromatic nitrogens is 3. The molecule has 4 aromatic rings. The molecule has 2 aromatic heterocycles. The molecule has 13 heteroatoms. The number of nitrogens with zero attached hydrogens (tertiary/aromatic N) is 3. The lowest BCUT2D eigenvalue weighted by Crippen LogP contribution is -2.32. The standard InChI is InChI=1S/C27H33N5O7S/c1-7-17-8-9-20(36-5)23(12-17)40(34,35)31-25-24-21(37-6)10-18(11-22(24)39-30-25)15-32-16-19(14-29-32)13-28-26(33)38-27(2,3)4/h8-12,14,16H,7,13,15H2,1-6H3,(H,28,33)(H,30,31). The Morgan fingerprint density at radius 2 is 1.80 bits per heavy atom. The van der Waals surface area contributed by atoms with Gasteiger partial charge >= 0.3 is 6.09 Å². The molecule has 12 nitrogen and oxygen atoms in total. The quantitative estimate of drug-likeness (QED) is 0.281. The van der Waals surface area contributed by atoms with E-state index < -0.39 is 21.7 Å². The number of nitrogens with one attached hydrogen (secondary N) is 2. The first-order valence-corrected chi connectivity index (χ1v) is 14.0. The van der Waals surface area contributed by atoms with Crippen LogP contribution in [0, 0.1) is 0 Å². The lowest BCUT2D eigenvalue weighted by molar-refractivity contribution is 0.0523. The van der Waals surface area contributed by atoms with E-state index in [0.717, 1.165) is 16.7 Å². The highest BCUT2D eigenvalue weighted by Gasteiger charge is 2.25. The van der Waals surface area contributed by atoms with E-state index in [-0.39, 0.29) is 23.0 Å². The van der Waals surface area contributed by atoms with Crippen molar-refractivity contribution in [1.29, 1.82) is 0 Å². The van der Waals surface area contributed by atoms with Crippen LogP contribution >= 0.6 is 0 Å². The molecule has 0 aliphatic heterocycles. The Kier molecular flexibility index (Phi) is 8.24. The number of hydrogen-bond donors (Lipinski definition) is 2. The van der Waals surface area contributed by atoms with Crippen molar-refractivity contribution in [3.8, 4) is 11.5 Å². The fourth-order valence-corrected chi connectivity index (χ4v) is 5.23. The van der Waals surface area contributed by atoms with E-state index in [2.05, 4.69) is 20.3 Å². The Morgan fingerprint density at radius 3 is 2.48 bits per heavy atom. The molecule has 0 unspecified atom stereocenters. The molecule has 0 aliphatic carbocycles. The van der Waals surface area contributed by atoms with Crippen molar-refractivity contribution in [2.75, 3.05) is 18.9 Å². The average molecular weight is 572 g/mol. The van der Waals surface area contributed by atoms with Crippen LogP contribution < -0.4 is 19.5 Å². The smallest absolute Gasteiger partial charge is 0.407 e. The number of anilines is 1. The molecular weight excluding hydrogens is 538 g/mol. The van der Waals surface area contributed by atoms with E-state index in [1.807, 2.05) is 13.0 Å². The van der Waals surface area contributed by atoms with Crippen molar-refractivity contribution in [2.45, 2.75) is 57.7 Å². The molecular formula is C27H33N5O7S. The molecule has 0 saturated heterocycles. The first-order valence-electron chi connectivity index (χ1n) is 12.6. The number of benzene rings is 2. The van der Waals surface area contributed by atoms with Gasteiger partial charge in [0, 0.05) is 18.3 Å². The molecule has 40 heavy (non-hydrogen) atoms. The number of amides is 1. The summed E-state index contributed by atoms with van der Waals surface area (Å²) < 4.78 is 52.4. The summed E-state index contributed by atoms with van der Waals surface area (Å²) in [4.78, 5) is 11.9. The largest absolute Gasteiger partial charge is 0.496 e. The maximum atomic E-state index is 13.3. The number of rotatable bonds is 10. The third-order valence-corrected chi connectivity index (χ3v) is 7.20. The van der Waals surface area contributed by atoms with Gasteiger partial charge in [-0.2, -0.15) is 5.10 Å². The summed E-state index contributed by atoms with van der Waals surface area (Å²) in [6, 6.07) is 8.50. The molecule has 0 fully saturated rings. The Balaban J connectivity index is 1.54. The normalized spacial score (nSPS) is 11.8. The summed E-state index contributed by atoms with van der Waals surface area (Å²) in [7, 11) is -1.17. The van der Waals surface area contributed by atoms with Gasteiger partial charge in [0.15, 0.2) is 11.4 Å². The molecule has 214 valence electrons. The Morgan fingerprint density at radius 1 is 1.05 bits per heavy atom. The maximum Gasteiger partial charge on any atom is 0.407 e. The van der Waals surface area contributed by atoms with Gasteiger partial charge in [0.05, 0.1) is 27.0 Å². The fourth-order valence-electron chi connectivity index (χ4n) is 4.00. The van der Waals surface area contributed by atoms with Gasteiger partial charge in [-0.3, -0.25) is 9.40 Å². The van der Waals surface area contributed by atoms with Gasteiger partial charge in [0.25, 0.3) is 10.0 Å². The third-order valence-electron chi connectivity index (χ3n) is 5.84. The van der Waals surface area contributed by atoms with Crippen molar-refractivity contribution >= 4 is 32.9 Å². The minimum absolute atomic E-state index is 0.00283. The third kappa shape index (κ3) is 6.65. The Bertz CT molecular complexity index is 1620. The molecule has 0 radical (unpaired) electrons. The van der Waals surface area contributed by atoms with E-state index in [1.165, 1.54) is 14.2 Å². The van der Waals surface area contributed by atoms with Crippen molar-refractivity contribution in [1.82, 2.24) is 20.3 Å². The van der Waals surface area contributed by atoms with Crippen LogP contribution in [0.3, 0.4) is 0 Å². The predicted octanol–water partition coefficient (Wildman–Crippen LogP) is 4.48. The minimum Gasteiger partial charge on any atom is -0.496 e. The highest BCUT2D eigenvalue weighted by molar-refractivity contribution is 7.92. The Hall–Kier alpha value is -4.26. The number of carbonyl (C=O) groups is 1. The van der Waals surface area contributed by atoms with Crippen molar-refractivity contribution in [3.05, 3.63) is 59.4 Å². The second kappa shape index (κ2) is 11.5. The van der Waals surface area contributed by atoms with Gasteiger partial charge in [0.1, 0.15) is 27.4 Å². The number of hydrogen-bond acceptors (Lipinski definition) is 9. The second-order valence-electron chi connectivity index (χ2n) is 10.0. The summed E-state index contributed by atoms with van der Waals surface area (Å²) in [5, 5.41) is 11.4. The number of methoxy groups -OCH3 is 2. The molecule has 0 bridgehead atoms. The summed E-state index contributed by atoms with van der Waals surface area (Å²) in [6.07, 6.45) is 3.60. The number of sulfonamides is 1. The Labute approximate surface area is 232 Å². The lowest BCUT2D eigenvalue weighted by Gasteiger charge is -2.19. The summed E-state index contributed by atoms with van der Waals surface area (Å²) in [5.41, 5.74) is 2.16. The van der Waals surface area contributed by atoms with Gasteiger partial charge < -0.3 is 24.1 Å². The van der Waals surface area contributed by atoms with E-state index in [1.54, 1.807) is 62.1 Å². The van der Waals surface area contributed by atoms with Gasteiger partial charge in [-0.25, -0.2) is 13.2 Å². The van der Waals surface area contributed by atoms with Crippen LogP contribution in [-0.4, -0.2) is 49.3 Å². The molecule has 0 saturated carbocycles.